The zero-order valence-corrected chi connectivity index (χ0v) is 9.71. The molecule has 0 radical (unpaired) electrons. The van der Waals surface area contributed by atoms with Crippen molar-refractivity contribution in [3.05, 3.63) is 34.9 Å². The van der Waals surface area contributed by atoms with Gasteiger partial charge in [-0.05, 0) is 54.7 Å². The Bertz CT molecular complexity index is 382. The Balaban J connectivity index is 1.86. The molecule has 0 aromatic heterocycles. The highest BCUT2D eigenvalue weighted by molar-refractivity contribution is 5.36. The van der Waals surface area contributed by atoms with Crippen LogP contribution in [0.3, 0.4) is 0 Å². The van der Waals surface area contributed by atoms with Gasteiger partial charge >= 0.3 is 0 Å². The van der Waals surface area contributed by atoms with Crippen LogP contribution in [0, 0.1) is 5.92 Å². The Morgan fingerprint density at radius 3 is 2.62 bits per heavy atom. The minimum absolute atomic E-state index is 0.375. The van der Waals surface area contributed by atoms with Crippen molar-refractivity contribution in [1.82, 2.24) is 5.43 Å². The molecule has 0 aliphatic heterocycles. The lowest BCUT2D eigenvalue weighted by Gasteiger charge is -2.33. The summed E-state index contributed by atoms with van der Waals surface area (Å²) in [6.07, 6.45) is 7.86. The predicted molar refractivity (Wildman–Crippen MR) is 65.9 cm³/mol. The summed E-state index contributed by atoms with van der Waals surface area (Å²) in [4.78, 5) is 0. The fourth-order valence-corrected chi connectivity index (χ4v) is 3.06. The van der Waals surface area contributed by atoms with E-state index in [4.69, 9.17) is 5.84 Å². The van der Waals surface area contributed by atoms with Gasteiger partial charge < -0.3 is 0 Å². The molecule has 16 heavy (non-hydrogen) atoms. The van der Waals surface area contributed by atoms with E-state index in [0.29, 0.717) is 6.04 Å². The van der Waals surface area contributed by atoms with Gasteiger partial charge in [0, 0.05) is 6.04 Å². The number of nitrogens with two attached hydrogens (primary N) is 1. The number of fused-ring (bicyclic) bond motifs is 1. The van der Waals surface area contributed by atoms with Gasteiger partial charge in [-0.25, -0.2) is 0 Å². The molecule has 2 heteroatoms. The molecule has 1 saturated carbocycles. The second kappa shape index (κ2) is 4.19. The molecule has 2 aliphatic carbocycles. The quantitative estimate of drug-likeness (QED) is 0.602. The number of hydrogen-bond donors (Lipinski definition) is 2. The third-order valence-corrected chi connectivity index (χ3v) is 4.28. The van der Waals surface area contributed by atoms with Gasteiger partial charge in [-0.1, -0.05) is 24.6 Å². The van der Waals surface area contributed by atoms with Crippen molar-refractivity contribution in [2.24, 2.45) is 11.8 Å². The van der Waals surface area contributed by atoms with Crippen LogP contribution in [-0.4, -0.2) is 0 Å². The largest absolute Gasteiger partial charge is 0.271 e. The van der Waals surface area contributed by atoms with Crippen molar-refractivity contribution in [2.75, 3.05) is 0 Å². The van der Waals surface area contributed by atoms with E-state index in [1.165, 1.54) is 44.1 Å². The van der Waals surface area contributed by atoms with Crippen molar-refractivity contribution in [1.29, 1.82) is 0 Å². The zero-order chi connectivity index (χ0) is 11.0. The highest BCUT2D eigenvalue weighted by Crippen LogP contribution is 2.38. The lowest BCUT2D eigenvalue weighted by molar-refractivity contribution is 0.232. The number of hydrogen-bond acceptors (Lipinski definition) is 2. The summed E-state index contributed by atoms with van der Waals surface area (Å²) in [7, 11) is 0. The van der Waals surface area contributed by atoms with Crippen molar-refractivity contribution in [3.63, 3.8) is 0 Å². The van der Waals surface area contributed by atoms with Gasteiger partial charge in [-0.3, -0.25) is 11.3 Å². The Kier molecular flexibility index (Phi) is 2.70. The van der Waals surface area contributed by atoms with Crippen molar-refractivity contribution < 1.29 is 0 Å². The van der Waals surface area contributed by atoms with Crippen LogP contribution in [0.4, 0.5) is 0 Å². The van der Waals surface area contributed by atoms with Crippen LogP contribution >= 0.6 is 0 Å². The fraction of sp³-hybridized carbons (Fsp3) is 0.571. The number of aryl methyl sites for hydroxylation is 2. The Morgan fingerprint density at radius 1 is 1.12 bits per heavy atom. The van der Waals surface area contributed by atoms with Crippen LogP contribution in [0.5, 0.6) is 0 Å². The van der Waals surface area contributed by atoms with Crippen LogP contribution in [0.1, 0.15) is 48.4 Å². The van der Waals surface area contributed by atoms with Crippen LogP contribution in [0.2, 0.25) is 0 Å². The molecular formula is C14H20N2. The average Bonchev–Trinajstić information content (AvgIpc) is 2.69. The summed E-state index contributed by atoms with van der Waals surface area (Å²) >= 11 is 0. The van der Waals surface area contributed by atoms with Gasteiger partial charge in [-0.15, -0.1) is 0 Å². The van der Waals surface area contributed by atoms with Gasteiger partial charge in [0.1, 0.15) is 0 Å². The molecule has 0 saturated heterocycles. The summed E-state index contributed by atoms with van der Waals surface area (Å²) in [6.45, 7) is 0. The first-order valence-corrected chi connectivity index (χ1v) is 6.46. The first-order valence-electron chi connectivity index (χ1n) is 6.46. The Morgan fingerprint density at radius 2 is 1.94 bits per heavy atom. The molecule has 0 spiro atoms. The average molecular weight is 216 g/mol. The molecule has 1 unspecified atom stereocenters. The molecule has 2 nitrogen and oxygen atoms in total. The number of hydrazine groups is 1. The first-order chi connectivity index (χ1) is 7.88. The molecule has 1 atom stereocenters. The second-order valence-electron chi connectivity index (χ2n) is 5.22. The normalized spacial score (nSPS) is 21.6. The maximum atomic E-state index is 5.71. The van der Waals surface area contributed by atoms with E-state index >= 15 is 0 Å². The van der Waals surface area contributed by atoms with Gasteiger partial charge in [-0.2, -0.15) is 0 Å². The molecule has 3 rings (SSSR count). The molecule has 0 amide bonds. The maximum absolute atomic E-state index is 5.71. The number of benzene rings is 1. The predicted octanol–water partition coefficient (Wildman–Crippen LogP) is 2.48. The molecule has 2 aliphatic rings. The zero-order valence-electron chi connectivity index (χ0n) is 9.71. The Labute approximate surface area is 97.2 Å². The van der Waals surface area contributed by atoms with E-state index in [1.54, 1.807) is 11.1 Å². The molecule has 1 aromatic rings. The first kappa shape index (κ1) is 10.3. The van der Waals surface area contributed by atoms with E-state index < -0.39 is 0 Å². The molecule has 3 N–H and O–H groups in total. The van der Waals surface area contributed by atoms with Crippen molar-refractivity contribution >= 4 is 0 Å². The van der Waals surface area contributed by atoms with E-state index in [0.717, 1.165) is 5.92 Å². The summed E-state index contributed by atoms with van der Waals surface area (Å²) in [5, 5.41) is 0. The smallest absolute Gasteiger partial charge is 0.0488 e. The number of nitrogens with one attached hydrogen (secondary N) is 1. The Hall–Kier alpha value is -0.860. The highest BCUT2D eigenvalue weighted by atomic mass is 15.2. The molecule has 0 bridgehead atoms. The minimum atomic E-state index is 0.375. The lowest BCUT2D eigenvalue weighted by Crippen LogP contribution is -2.36. The maximum Gasteiger partial charge on any atom is 0.0488 e. The second-order valence-corrected chi connectivity index (χ2v) is 5.22. The van der Waals surface area contributed by atoms with Crippen LogP contribution in [0.25, 0.3) is 0 Å². The van der Waals surface area contributed by atoms with Gasteiger partial charge in [0.05, 0.1) is 0 Å². The van der Waals surface area contributed by atoms with E-state index in [1.807, 2.05) is 0 Å². The summed E-state index contributed by atoms with van der Waals surface area (Å²) in [5.74, 6) is 6.46. The van der Waals surface area contributed by atoms with Crippen LogP contribution < -0.4 is 11.3 Å². The molecule has 0 heterocycles. The molecule has 1 aromatic carbocycles. The van der Waals surface area contributed by atoms with E-state index in [9.17, 15) is 0 Å². The van der Waals surface area contributed by atoms with Crippen LogP contribution in [-0.2, 0) is 12.8 Å². The highest BCUT2D eigenvalue weighted by Gasteiger charge is 2.28. The number of rotatable bonds is 3. The summed E-state index contributed by atoms with van der Waals surface area (Å²) < 4.78 is 0. The fourth-order valence-electron chi connectivity index (χ4n) is 3.06. The topological polar surface area (TPSA) is 38.0 Å². The van der Waals surface area contributed by atoms with E-state index in [-0.39, 0.29) is 0 Å². The summed E-state index contributed by atoms with van der Waals surface area (Å²) in [5.41, 5.74) is 7.51. The van der Waals surface area contributed by atoms with Crippen LogP contribution in [0.15, 0.2) is 18.2 Å². The SMILES string of the molecule is NNC(c1ccc2c(c1)CCC2)C1CCC1. The standard InChI is InChI=1S/C14H20N2/c15-16-14(11-4-2-5-11)13-8-7-10-3-1-6-12(10)9-13/h7-9,11,14,16H,1-6,15H2. The van der Waals surface area contributed by atoms with Crippen molar-refractivity contribution in [2.45, 2.75) is 44.6 Å². The van der Waals surface area contributed by atoms with Crippen molar-refractivity contribution in [3.8, 4) is 0 Å². The lowest BCUT2D eigenvalue weighted by atomic mass is 9.77. The van der Waals surface area contributed by atoms with Gasteiger partial charge in [0.25, 0.3) is 0 Å². The minimum Gasteiger partial charge on any atom is -0.271 e. The third kappa shape index (κ3) is 1.66. The monoisotopic (exact) mass is 216 g/mol. The van der Waals surface area contributed by atoms with Gasteiger partial charge in [0.15, 0.2) is 0 Å². The summed E-state index contributed by atoms with van der Waals surface area (Å²) in [6, 6.07) is 7.33. The molecule has 86 valence electrons. The molecule has 1 fully saturated rings. The van der Waals surface area contributed by atoms with E-state index in [2.05, 4.69) is 23.6 Å². The van der Waals surface area contributed by atoms with Gasteiger partial charge in [0.2, 0.25) is 0 Å². The molecular weight excluding hydrogens is 196 g/mol. The third-order valence-electron chi connectivity index (χ3n) is 4.28.